The molecule has 0 heterocycles. The minimum absolute atomic E-state index is 0.249. The van der Waals surface area contributed by atoms with Crippen molar-refractivity contribution in [3.63, 3.8) is 0 Å². The summed E-state index contributed by atoms with van der Waals surface area (Å²) in [5.74, 6) is -0.249. The third-order valence-electron chi connectivity index (χ3n) is 1.40. The molecule has 0 radical (unpaired) electrons. The molecule has 0 aliphatic heterocycles. The Hall–Kier alpha value is -0.790. The van der Waals surface area contributed by atoms with Crippen LogP contribution in [0.5, 0.6) is 0 Å². The van der Waals surface area contributed by atoms with Crippen LogP contribution in [0.3, 0.4) is 0 Å². The molecule has 0 aromatic carbocycles. The van der Waals surface area contributed by atoms with Crippen molar-refractivity contribution < 1.29 is 9.53 Å². The first kappa shape index (κ1) is 10.2. The zero-order valence-corrected chi connectivity index (χ0v) is 7.35. The quantitative estimate of drug-likeness (QED) is 0.451. The van der Waals surface area contributed by atoms with E-state index in [4.69, 9.17) is 4.74 Å². The Balaban J connectivity index is 3.56. The number of unbranched alkanes of at least 4 members (excludes halogenated alkanes) is 1. The Morgan fingerprint density at radius 3 is 2.55 bits per heavy atom. The fourth-order valence-electron chi connectivity index (χ4n) is 0.725. The Morgan fingerprint density at radius 1 is 1.45 bits per heavy atom. The Morgan fingerprint density at radius 2 is 2.09 bits per heavy atom. The molecule has 0 atom stereocenters. The van der Waals surface area contributed by atoms with Crippen molar-refractivity contribution in [2.75, 3.05) is 6.61 Å². The summed E-state index contributed by atoms with van der Waals surface area (Å²) >= 11 is 0. The molecule has 0 amide bonds. The smallest absolute Gasteiger partial charge is 0.333 e. The average Bonchev–Trinajstić information content (AvgIpc) is 2.00. The lowest BCUT2D eigenvalue weighted by atomic mass is 10.1. The molecule has 0 aromatic heterocycles. The SMILES string of the molecule is C=C(CCCC)C(=O)OCC. The summed E-state index contributed by atoms with van der Waals surface area (Å²) in [6.07, 6.45) is 2.85. The van der Waals surface area contributed by atoms with E-state index < -0.39 is 0 Å². The monoisotopic (exact) mass is 156 g/mol. The van der Waals surface area contributed by atoms with E-state index in [1.54, 1.807) is 6.92 Å². The van der Waals surface area contributed by atoms with Gasteiger partial charge >= 0.3 is 5.97 Å². The standard InChI is InChI=1S/C9H16O2/c1-4-6-7-8(3)9(10)11-5-2/h3-7H2,1-2H3. The summed E-state index contributed by atoms with van der Waals surface area (Å²) in [7, 11) is 0. The fraction of sp³-hybridized carbons (Fsp3) is 0.667. The maximum Gasteiger partial charge on any atom is 0.333 e. The van der Waals surface area contributed by atoms with E-state index >= 15 is 0 Å². The third kappa shape index (κ3) is 4.59. The molecule has 0 saturated heterocycles. The number of hydrogen-bond acceptors (Lipinski definition) is 2. The molecular weight excluding hydrogens is 140 g/mol. The van der Waals surface area contributed by atoms with Crippen LogP contribution in [0.25, 0.3) is 0 Å². The average molecular weight is 156 g/mol. The molecule has 0 aliphatic carbocycles. The summed E-state index contributed by atoms with van der Waals surface area (Å²) in [6, 6.07) is 0. The highest BCUT2D eigenvalue weighted by molar-refractivity contribution is 5.87. The Bertz CT molecular complexity index is 138. The molecule has 0 bridgehead atoms. The number of carbonyl (C=O) groups excluding carboxylic acids is 1. The van der Waals surface area contributed by atoms with Crippen LogP contribution < -0.4 is 0 Å². The van der Waals surface area contributed by atoms with Crippen molar-refractivity contribution >= 4 is 5.97 Å². The van der Waals surface area contributed by atoms with Gasteiger partial charge in [-0.2, -0.15) is 0 Å². The fourth-order valence-corrected chi connectivity index (χ4v) is 0.725. The second kappa shape index (κ2) is 5.96. The normalized spacial score (nSPS) is 9.27. The van der Waals surface area contributed by atoms with Gasteiger partial charge in [-0.15, -0.1) is 0 Å². The van der Waals surface area contributed by atoms with Crippen LogP contribution in [0.2, 0.25) is 0 Å². The molecule has 0 aromatic rings. The highest BCUT2D eigenvalue weighted by Crippen LogP contribution is 2.06. The highest BCUT2D eigenvalue weighted by atomic mass is 16.5. The molecule has 2 nitrogen and oxygen atoms in total. The Labute approximate surface area is 68.2 Å². The highest BCUT2D eigenvalue weighted by Gasteiger charge is 2.05. The predicted octanol–water partition coefficient (Wildman–Crippen LogP) is 2.30. The van der Waals surface area contributed by atoms with E-state index in [1.807, 2.05) is 0 Å². The minimum Gasteiger partial charge on any atom is -0.463 e. The van der Waals surface area contributed by atoms with Gasteiger partial charge in [0.15, 0.2) is 0 Å². The molecule has 0 unspecified atom stereocenters. The first-order chi connectivity index (χ1) is 5.22. The Kier molecular flexibility index (Phi) is 5.53. The second-order valence-electron chi connectivity index (χ2n) is 2.43. The zero-order chi connectivity index (χ0) is 8.69. The van der Waals surface area contributed by atoms with Crippen molar-refractivity contribution in [3.05, 3.63) is 12.2 Å². The topological polar surface area (TPSA) is 26.3 Å². The van der Waals surface area contributed by atoms with Crippen LogP contribution in [0.1, 0.15) is 33.1 Å². The van der Waals surface area contributed by atoms with Gasteiger partial charge < -0.3 is 4.74 Å². The lowest BCUT2D eigenvalue weighted by Gasteiger charge is -2.02. The largest absolute Gasteiger partial charge is 0.463 e. The van der Waals surface area contributed by atoms with Crippen LogP contribution in [0, 0.1) is 0 Å². The summed E-state index contributed by atoms with van der Waals surface area (Å²) in [6.45, 7) is 7.95. The first-order valence-electron chi connectivity index (χ1n) is 4.07. The number of carbonyl (C=O) groups is 1. The van der Waals surface area contributed by atoms with Gasteiger partial charge in [-0.05, 0) is 19.8 Å². The van der Waals surface area contributed by atoms with Gasteiger partial charge in [-0.25, -0.2) is 4.79 Å². The van der Waals surface area contributed by atoms with E-state index in [9.17, 15) is 4.79 Å². The van der Waals surface area contributed by atoms with Gasteiger partial charge in [-0.1, -0.05) is 19.9 Å². The van der Waals surface area contributed by atoms with Gasteiger partial charge in [0.2, 0.25) is 0 Å². The van der Waals surface area contributed by atoms with E-state index in [2.05, 4.69) is 13.5 Å². The van der Waals surface area contributed by atoms with Gasteiger partial charge in [0.25, 0.3) is 0 Å². The summed E-state index contributed by atoms with van der Waals surface area (Å²) in [5.41, 5.74) is 0.591. The number of rotatable bonds is 5. The van der Waals surface area contributed by atoms with Gasteiger partial charge in [0, 0.05) is 5.57 Å². The summed E-state index contributed by atoms with van der Waals surface area (Å²) in [5, 5.41) is 0. The molecule has 0 rings (SSSR count). The second-order valence-corrected chi connectivity index (χ2v) is 2.43. The molecule has 0 spiro atoms. The predicted molar refractivity (Wildman–Crippen MR) is 45.3 cm³/mol. The van der Waals surface area contributed by atoms with E-state index in [1.165, 1.54) is 0 Å². The molecule has 0 aliphatic rings. The van der Waals surface area contributed by atoms with E-state index in [0.717, 1.165) is 19.3 Å². The maximum atomic E-state index is 10.9. The molecule has 11 heavy (non-hydrogen) atoms. The number of esters is 1. The van der Waals surface area contributed by atoms with E-state index in [-0.39, 0.29) is 5.97 Å². The number of hydrogen-bond donors (Lipinski definition) is 0. The van der Waals surface area contributed by atoms with Gasteiger partial charge in [0.1, 0.15) is 0 Å². The van der Waals surface area contributed by atoms with Gasteiger partial charge in [0.05, 0.1) is 6.61 Å². The van der Waals surface area contributed by atoms with Crippen molar-refractivity contribution in [1.82, 2.24) is 0 Å². The first-order valence-corrected chi connectivity index (χ1v) is 4.07. The maximum absolute atomic E-state index is 10.9. The molecule has 0 fully saturated rings. The van der Waals surface area contributed by atoms with E-state index in [0.29, 0.717) is 12.2 Å². The van der Waals surface area contributed by atoms with Crippen molar-refractivity contribution in [2.45, 2.75) is 33.1 Å². The summed E-state index contributed by atoms with van der Waals surface area (Å²) in [4.78, 5) is 10.9. The third-order valence-corrected chi connectivity index (χ3v) is 1.40. The lowest BCUT2D eigenvalue weighted by Crippen LogP contribution is -2.06. The zero-order valence-electron chi connectivity index (χ0n) is 7.35. The van der Waals surface area contributed by atoms with Crippen LogP contribution in [-0.4, -0.2) is 12.6 Å². The molecule has 0 saturated carbocycles. The van der Waals surface area contributed by atoms with Gasteiger partial charge in [-0.3, -0.25) is 0 Å². The minimum atomic E-state index is -0.249. The van der Waals surface area contributed by atoms with Crippen molar-refractivity contribution in [1.29, 1.82) is 0 Å². The lowest BCUT2D eigenvalue weighted by molar-refractivity contribution is -0.138. The van der Waals surface area contributed by atoms with Crippen molar-refractivity contribution in [2.24, 2.45) is 0 Å². The van der Waals surface area contributed by atoms with Crippen LogP contribution >= 0.6 is 0 Å². The van der Waals surface area contributed by atoms with Crippen LogP contribution in [0.4, 0.5) is 0 Å². The van der Waals surface area contributed by atoms with Crippen molar-refractivity contribution in [3.8, 4) is 0 Å². The van der Waals surface area contributed by atoms with Crippen LogP contribution in [0.15, 0.2) is 12.2 Å². The number of ether oxygens (including phenoxy) is 1. The summed E-state index contributed by atoms with van der Waals surface area (Å²) < 4.78 is 4.76. The molecule has 0 N–H and O–H groups in total. The van der Waals surface area contributed by atoms with Crippen LogP contribution in [-0.2, 0) is 9.53 Å². The molecular formula is C9H16O2. The molecule has 2 heteroatoms. The molecule has 64 valence electrons.